The van der Waals surface area contributed by atoms with E-state index in [1.807, 2.05) is 0 Å². The summed E-state index contributed by atoms with van der Waals surface area (Å²) in [5.74, 6) is -0.989. The number of carbonyl (C=O) groups is 3. The predicted molar refractivity (Wildman–Crippen MR) is 274 cm³/mol. The van der Waals surface area contributed by atoms with Crippen molar-refractivity contribution in [3.05, 3.63) is 122 Å². The molecule has 6 nitrogen and oxygen atoms in total. The molecule has 0 bridgehead atoms. The first-order valence-electron chi connectivity index (χ1n) is 25.5. The van der Waals surface area contributed by atoms with Gasteiger partial charge in [0.25, 0.3) is 0 Å². The van der Waals surface area contributed by atoms with Gasteiger partial charge in [0.2, 0.25) is 0 Å². The van der Waals surface area contributed by atoms with Gasteiger partial charge in [0, 0.05) is 19.3 Å². The highest BCUT2D eigenvalue weighted by atomic mass is 16.6. The zero-order valence-corrected chi connectivity index (χ0v) is 41.0. The molecule has 0 aromatic heterocycles. The third-order valence-corrected chi connectivity index (χ3v) is 10.2. The van der Waals surface area contributed by atoms with E-state index in [-0.39, 0.29) is 31.1 Å². The molecule has 360 valence electrons. The highest BCUT2D eigenvalue weighted by Crippen LogP contribution is 2.12. The van der Waals surface area contributed by atoms with Crippen molar-refractivity contribution in [2.24, 2.45) is 0 Å². The Balaban J connectivity index is 4.47. The summed E-state index contributed by atoms with van der Waals surface area (Å²) in [6.07, 6.45) is 70.4. The van der Waals surface area contributed by atoms with E-state index in [0.29, 0.717) is 25.7 Å². The van der Waals surface area contributed by atoms with Crippen molar-refractivity contribution < 1.29 is 28.6 Å². The van der Waals surface area contributed by atoms with E-state index >= 15 is 0 Å². The largest absolute Gasteiger partial charge is 0.462 e. The molecule has 0 N–H and O–H groups in total. The third-order valence-electron chi connectivity index (χ3n) is 10.2. The van der Waals surface area contributed by atoms with E-state index in [4.69, 9.17) is 14.2 Å². The minimum Gasteiger partial charge on any atom is -0.462 e. The van der Waals surface area contributed by atoms with Crippen LogP contribution in [0.1, 0.15) is 207 Å². The number of unbranched alkanes of at least 4 members (excludes halogenated alkanes) is 13. The number of hydrogen-bond donors (Lipinski definition) is 0. The first-order chi connectivity index (χ1) is 31.5. The Morgan fingerprint density at radius 2 is 0.609 bits per heavy atom. The van der Waals surface area contributed by atoms with Gasteiger partial charge in [-0.05, 0) is 122 Å². The van der Waals surface area contributed by atoms with Crippen molar-refractivity contribution in [2.45, 2.75) is 213 Å². The second-order valence-electron chi connectivity index (χ2n) is 16.3. The molecule has 0 saturated heterocycles. The van der Waals surface area contributed by atoms with Crippen LogP contribution in [0.3, 0.4) is 0 Å². The van der Waals surface area contributed by atoms with E-state index < -0.39 is 6.10 Å². The quantitative estimate of drug-likeness (QED) is 0.0262. The van der Waals surface area contributed by atoms with E-state index in [1.165, 1.54) is 12.8 Å². The smallest absolute Gasteiger partial charge is 0.306 e. The number of ether oxygens (including phenoxy) is 3. The van der Waals surface area contributed by atoms with Crippen molar-refractivity contribution >= 4 is 17.9 Å². The average molecular weight is 885 g/mol. The number of carbonyl (C=O) groups excluding carboxylic acids is 3. The lowest BCUT2D eigenvalue weighted by atomic mass is 10.1. The number of esters is 3. The summed E-state index contributed by atoms with van der Waals surface area (Å²) in [5.41, 5.74) is 0. The van der Waals surface area contributed by atoms with Crippen LogP contribution in [-0.2, 0) is 28.6 Å². The maximum Gasteiger partial charge on any atom is 0.306 e. The highest BCUT2D eigenvalue weighted by molar-refractivity contribution is 5.71. The third kappa shape index (κ3) is 48.8. The molecule has 0 aromatic carbocycles. The minimum atomic E-state index is -0.811. The summed E-state index contributed by atoms with van der Waals surface area (Å²) >= 11 is 0. The summed E-state index contributed by atoms with van der Waals surface area (Å²) < 4.78 is 16.7. The van der Waals surface area contributed by atoms with Crippen LogP contribution in [0.15, 0.2) is 122 Å². The van der Waals surface area contributed by atoms with Crippen LogP contribution in [0.5, 0.6) is 0 Å². The SMILES string of the molecule is CC/C=C\C/C=C\C/C=C\C/C=C\C/C=C\C/C=C\CCCCC(=O)OCC(COC(=O)CCCCCCC/C=C\CCC)OC(=O)CCCCCCC/C=C\C/C=C\C/C=C\CC. The zero-order chi connectivity index (χ0) is 46.5. The van der Waals surface area contributed by atoms with Crippen molar-refractivity contribution in [3.8, 4) is 0 Å². The van der Waals surface area contributed by atoms with Crippen LogP contribution in [0.2, 0.25) is 0 Å². The van der Waals surface area contributed by atoms with Gasteiger partial charge in [-0.2, -0.15) is 0 Å². The maximum absolute atomic E-state index is 12.8. The molecule has 0 aliphatic carbocycles. The Labute approximate surface area is 392 Å². The summed E-state index contributed by atoms with van der Waals surface area (Å²) in [6.45, 7) is 6.27. The van der Waals surface area contributed by atoms with E-state index in [9.17, 15) is 14.4 Å². The van der Waals surface area contributed by atoms with Gasteiger partial charge in [-0.1, -0.05) is 187 Å². The molecule has 1 atom stereocenters. The van der Waals surface area contributed by atoms with Gasteiger partial charge < -0.3 is 14.2 Å². The van der Waals surface area contributed by atoms with Crippen LogP contribution < -0.4 is 0 Å². The minimum absolute atomic E-state index is 0.107. The lowest BCUT2D eigenvalue weighted by Crippen LogP contribution is -2.30. The lowest BCUT2D eigenvalue weighted by molar-refractivity contribution is -0.167. The van der Waals surface area contributed by atoms with Gasteiger partial charge in [0.05, 0.1) is 0 Å². The first-order valence-corrected chi connectivity index (χ1v) is 25.5. The Kier molecular flexibility index (Phi) is 48.1. The van der Waals surface area contributed by atoms with Gasteiger partial charge in [-0.25, -0.2) is 0 Å². The average Bonchev–Trinajstić information content (AvgIpc) is 3.29. The molecular weight excluding hydrogens is 793 g/mol. The molecule has 64 heavy (non-hydrogen) atoms. The van der Waals surface area contributed by atoms with E-state index in [1.54, 1.807) is 0 Å². The summed E-state index contributed by atoms with van der Waals surface area (Å²) in [5, 5.41) is 0. The summed E-state index contributed by atoms with van der Waals surface area (Å²) in [7, 11) is 0. The Morgan fingerprint density at radius 3 is 1.00 bits per heavy atom. The standard InChI is InChI=1S/C58H92O6/c1-4-7-10-13-16-19-22-24-26-27-28-29-30-31-33-34-36-39-42-45-48-51-57(60)63-54-55(53-62-56(59)50-47-44-41-38-21-18-15-12-9-6-3)64-58(61)52-49-46-43-40-37-35-32-25-23-20-17-14-11-8-5-2/h7-8,10-12,15-17,19-20,24-26,28-29,31-33,36,39,55H,4-6,9,13-14,18,21-23,27,30,34-35,37-38,40-54H2,1-3H3/b10-7-,11-8-,15-12-,19-16-,20-17-,26-24-,29-28-,32-25-,33-31-,39-36-. The number of allylic oxidation sites excluding steroid dienone is 20. The molecule has 0 rings (SSSR count). The molecule has 0 amide bonds. The van der Waals surface area contributed by atoms with Gasteiger partial charge in [0.15, 0.2) is 6.10 Å². The van der Waals surface area contributed by atoms with Crippen molar-refractivity contribution in [2.75, 3.05) is 13.2 Å². The van der Waals surface area contributed by atoms with Crippen LogP contribution in [0.4, 0.5) is 0 Å². The topological polar surface area (TPSA) is 78.9 Å². The summed E-state index contributed by atoms with van der Waals surface area (Å²) in [4.78, 5) is 37.9. The van der Waals surface area contributed by atoms with E-state index in [0.717, 1.165) is 148 Å². The van der Waals surface area contributed by atoms with Gasteiger partial charge in [0.1, 0.15) is 13.2 Å². The van der Waals surface area contributed by atoms with Crippen molar-refractivity contribution in [3.63, 3.8) is 0 Å². The normalized spacial score (nSPS) is 13.1. The lowest BCUT2D eigenvalue weighted by Gasteiger charge is -2.18. The molecule has 0 spiro atoms. The number of hydrogen-bond acceptors (Lipinski definition) is 6. The van der Waals surface area contributed by atoms with E-state index in [2.05, 4.69) is 142 Å². The molecule has 0 aromatic rings. The molecule has 0 aliphatic rings. The van der Waals surface area contributed by atoms with Crippen molar-refractivity contribution in [1.29, 1.82) is 0 Å². The monoisotopic (exact) mass is 885 g/mol. The Bertz CT molecular complexity index is 1390. The van der Waals surface area contributed by atoms with Gasteiger partial charge in [-0.15, -0.1) is 0 Å². The second kappa shape index (κ2) is 51.4. The van der Waals surface area contributed by atoms with Crippen LogP contribution >= 0.6 is 0 Å². The predicted octanol–water partition coefficient (Wildman–Crippen LogP) is 16.9. The fourth-order valence-corrected chi connectivity index (χ4v) is 6.40. The molecule has 0 fully saturated rings. The molecule has 1 unspecified atom stereocenters. The molecule has 0 aliphatic heterocycles. The first kappa shape index (κ1) is 59.8. The maximum atomic E-state index is 12.8. The molecule has 0 radical (unpaired) electrons. The molecule has 6 heteroatoms. The van der Waals surface area contributed by atoms with Crippen molar-refractivity contribution in [1.82, 2.24) is 0 Å². The molecule has 0 heterocycles. The van der Waals surface area contributed by atoms with Gasteiger partial charge >= 0.3 is 17.9 Å². The molecule has 0 saturated carbocycles. The Morgan fingerprint density at radius 1 is 0.328 bits per heavy atom. The Hall–Kier alpha value is -4.19. The van der Waals surface area contributed by atoms with Crippen LogP contribution in [0, 0.1) is 0 Å². The zero-order valence-electron chi connectivity index (χ0n) is 41.0. The van der Waals surface area contributed by atoms with Crippen LogP contribution in [-0.4, -0.2) is 37.2 Å². The second-order valence-corrected chi connectivity index (χ2v) is 16.3. The fourth-order valence-electron chi connectivity index (χ4n) is 6.40. The fraction of sp³-hybridized carbons (Fsp3) is 0.603. The highest BCUT2D eigenvalue weighted by Gasteiger charge is 2.19. The molecular formula is C58H92O6. The van der Waals surface area contributed by atoms with Gasteiger partial charge in [-0.3, -0.25) is 14.4 Å². The van der Waals surface area contributed by atoms with Crippen LogP contribution in [0.25, 0.3) is 0 Å². The summed E-state index contributed by atoms with van der Waals surface area (Å²) in [6, 6.07) is 0. The number of rotatable bonds is 44.